The van der Waals surface area contributed by atoms with Gasteiger partial charge in [0.25, 0.3) is 0 Å². The molecular weight excluding hydrogens is 290 g/mol. The number of hydrogen-bond donors (Lipinski definition) is 0. The number of rotatable bonds is 2. The Morgan fingerprint density at radius 3 is 2.57 bits per heavy atom. The van der Waals surface area contributed by atoms with Crippen LogP contribution in [0.5, 0.6) is 0 Å². The van der Waals surface area contributed by atoms with Gasteiger partial charge in [0, 0.05) is 17.3 Å². The van der Waals surface area contributed by atoms with Gasteiger partial charge in [-0.1, -0.05) is 41.6 Å². The highest BCUT2D eigenvalue weighted by Gasteiger charge is 2.30. The van der Waals surface area contributed by atoms with Crippen molar-refractivity contribution in [2.45, 2.75) is 12.8 Å². The molecule has 1 unspecified atom stereocenters. The Kier molecular flexibility index (Phi) is 3.12. The smallest absolute Gasteiger partial charge is 0.243 e. The summed E-state index contributed by atoms with van der Waals surface area (Å²) in [5.41, 5.74) is 3.19. The summed E-state index contributed by atoms with van der Waals surface area (Å²) in [7, 11) is 0. The molecule has 0 radical (unpaired) electrons. The normalized spacial score (nSPS) is 16.4. The number of ketones is 1. The monoisotopic (exact) mass is 303 g/mol. The van der Waals surface area contributed by atoms with Crippen LogP contribution in [0.15, 0.2) is 58.0 Å². The zero-order valence-electron chi connectivity index (χ0n) is 12.4. The molecule has 0 bridgehead atoms. The summed E-state index contributed by atoms with van der Waals surface area (Å²) in [5.74, 6) is 0.0513. The number of benzene rings is 2. The zero-order chi connectivity index (χ0) is 15.8. The number of carbonyl (C=O) groups excluding carboxylic acids is 1. The molecule has 0 aliphatic carbocycles. The van der Waals surface area contributed by atoms with Crippen LogP contribution in [-0.4, -0.2) is 22.1 Å². The van der Waals surface area contributed by atoms with E-state index in [1.165, 1.54) is 0 Å². The van der Waals surface area contributed by atoms with E-state index in [0.29, 0.717) is 17.1 Å². The molecule has 0 amide bonds. The van der Waals surface area contributed by atoms with Crippen molar-refractivity contribution >= 4 is 17.7 Å². The van der Waals surface area contributed by atoms with Gasteiger partial charge in [0.15, 0.2) is 5.78 Å². The van der Waals surface area contributed by atoms with Gasteiger partial charge in [-0.05, 0) is 24.6 Å². The van der Waals surface area contributed by atoms with Crippen molar-refractivity contribution in [1.82, 2.24) is 10.1 Å². The number of para-hydroxylation sites is 1. The first-order chi connectivity index (χ1) is 11.2. The topological polar surface area (TPSA) is 68.3 Å². The van der Waals surface area contributed by atoms with Crippen LogP contribution in [0.25, 0.3) is 11.4 Å². The summed E-state index contributed by atoms with van der Waals surface area (Å²) in [4.78, 5) is 21.3. The second kappa shape index (κ2) is 5.28. The number of hydrogen-bond acceptors (Lipinski definition) is 5. The molecule has 2 heterocycles. The van der Waals surface area contributed by atoms with Crippen molar-refractivity contribution in [2.24, 2.45) is 4.99 Å². The minimum atomic E-state index is -0.629. The van der Waals surface area contributed by atoms with Crippen LogP contribution in [0.3, 0.4) is 0 Å². The average Bonchev–Trinajstić information content (AvgIpc) is 3.05. The molecule has 3 aromatic rings. The number of Topliss-reactive ketones (excluding diaryl/α,β-unsaturated/α-hetero) is 1. The molecule has 112 valence electrons. The fourth-order valence-corrected chi connectivity index (χ4v) is 2.66. The van der Waals surface area contributed by atoms with E-state index in [0.717, 1.165) is 11.1 Å². The van der Waals surface area contributed by atoms with Crippen molar-refractivity contribution in [2.75, 3.05) is 0 Å². The number of carbonyl (C=O) groups is 1. The Labute approximate surface area is 132 Å². The molecule has 23 heavy (non-hydrogen) atoms. The van der Waals surface area contributed by atoms with E-state index in [1.807, 2.05) is 49.4 Å². The first-order valence-corrected chi connectivity index (χ1v) is 7.31. The van der Waals surface area contributed by atoms with E-state index in [2.05, 4.69) is 15.1 Å². The van der Waals surface area contributed by atoms with Crippen LogP contribution in [0.4, 0.5) is 5.69 Å². The van der Waals surface area contributed by atoms with E-state index < -0.39 is 5.92 Å². The van der Waals surface area contributed by atoms with E-state index in [1.54, 1.807) is 12.3 Å². The number of aromatic nitrogens is 2. The van der Waals surface area contributed by atoms with Crippen LogP contribution in [0.2, 0.25) is 0 Å². The second-order valence-corrected chi connectivity index (χ2v) is 5.41. The molecule has 2 aromatic carbocycles. The summed E-state index contributed by atoms with van der Waals surface area (Å²) < 4.78 is 5.33. The van der Waals surface area contributed by atoms with Gasteiger partial charge < -0.3 is 4.52 Å². The zero-order valence-corrected chi connectivity index (χ0v) is 12.4. The maximum absolute atomic E-state index is 12.6. The maximum atomic E-state index is 12.6. The molecule has 4 rings (SSSR count). The van der Waals surface area contributed by atoms with E-state index in [4.69, 9.17) is 4.52 Å². The van der Waals surface area contributed by atoms with E-state index in [9.17, 15) is 4.79 Å². The van der Waals surface area contributed by atoms with Crippen LogP contribution < -0.4 is 0 Å². The molecule has 0 fully saturated rings. The van der Waals surface area contributed by atoms with Gasteiger partial charge in [0.05, 0.1) is 5.69 Å². The first kappa shape index (κ1) is 13.6. The van der Waals surface area contributed by atoms with Gasteiger partial charge in [-0.2, -0.15) is 4.98 Å². The Balaban J connectivity index is 1.71. The lowest BCUT2D eigenvalue weighted by molar-refractivity contribution is 0.0971. The summed E-state index contributed by atoms with van der Waals surface area (Å²) in [6.07, 6.45) is 1.57. The minimum Gasteiger partial charge on any atom is -0.338 e. The average molecular weight is 303 g/mol. The summed E-state index contributed by atoms with van der Waals surface area (Å²) in [6.45, 7) is 1.98. The Morgan fingerprint density at radius 2 is 1.74 bits per heavy atom. The highest BCUT2D eigenvalue weighted by Crippen LogP contribution is 2.31. The molecule has 0 spiro atoms. The highest BCUT2D eigenvalue weighted by atomic mass is 16.5. The Hall–Kier alpha value is -3.08. The van der Waals surface area contributed by atoms with Gasteiger partial charge in [0.1, 0.15) is 5.92 Å². The third-order valence-electron chi connectivity index (χ3n) is 3.91. The molecule has 0 N–H and O–H groups in total. The van der Waals surface area contributed by atoms with Gasteiger partial charge in [-0.3, -0.25) is 9.79 Å². The van der Waals surface area contributed by atoms with Crippen LogP contribution >= 0.6 is 0 Å². The van der Waals surface area contributed by atoms with Crippen LogP contribution in [-0.2, 0) is 0 Å². The molecule has 1 aromatic heterocycles. The van der Waals surface area contributed by atoms with Gasteiger partial charge in [-0.25, -0.2) is 0 Å². The van der Waals surface area contributed by atoms with Crippen LogP contribution in [0.1, 0.15) is 27.7 Å². The highest BCUT2D eigenvalue weighted by molar-refractivity contribution is 6.15. The number of fused-ring (bicyclic) bond motifs is 1. The lowest BCUT2D eigenvalue weighted by Gasteiger charge is -2.13. The standard InChI is InChI=1S/C18H13N3O2/c1-11-6-2-3-7-12(11)17-20-18(23-21-17)14-10-19-15-9-5-4-8-13(15)16(14)22/h2-10,14H,1H3. The quantitative estimate of drug-likeness (QED) is 0.723. The van der Waals surface area contributed by atoms with Crippen molar-refractivity contribution in [3.63, 3.8) is 0 Å². The molecular formula is C18H13N3O2. The molecule has 0 saturated carbocycles. The molecule has 0 saturated heterocycles. The molecule has 1 atom stereocenters. The predicted octanol–water partition coefficient (Wildman–Crippen LogP) is 3.73. The lowest BCUT2D eigenvalue weighted by atomic mass is 9.94. The first-order valence-electron chi connectivity index (χ1n) is 7.31. The van der Waals surface area contributed by atoms with Gasteiger partial charge in [0.2, 0.25) is 11.7 Å². The van der Waals surface area contributed by atoms with Crippen molar-refractivity contribution in [1.29, 1.82) is 0 Å². The fourth-order valence-electron chi connectivity index (χ4n) is 2.66. The van der Waals surface area contributed by atoms with E-state index >= 15 is 0 Å². The van der Waals surface area contributed by atoms with E-state index in [-0.39, 0.29) is 11.7 Å². The van der Waals surface area contributed by atoms with Crippen molar-refractivity contribution < 1.29 is 9.32 Å². The molecule has 5 heteroatoms. The summed E-state index contributed by atoms with van der Waals surface area (Å²) in [6, 6.07) is 15.0. The van der Waals surface area contributed by atoms with Gasteiger partial charge in [-0.15, -0.1) is 0 Å². The predicted molar refractivity (Wildman–Crippen MR) is 86.1 cm³/mol. The molecule has 1 aliphatic rings. The Morgan fingerprint density at radius 1 is 1.00 bits per heavy atom. The third kappa shape index (κ3) is 2.26. The number of aryl methyl sites for hydroxylation is 1. The van der Waals surface area contributed by atoms with Gasteiger partial charge >= 0.3 is 0 Å². The molecule has 5 nitrogen and oxygen atoms in total. The minimum absolute atomic E-state index is 0.0735. The van der Waals surface area contributed by atoms with Crippen molar-refractivity contribution in [3.05, 3.63) is 65.5 Å². The number of aliphatic imine (C=N–C) groups is 1. The maximum Gasteiger partial charge on any atom is 0.243 e. The second-order valence-electron chi connectivity index (χ2n) is 5.41. The SMILES string of the molecule is Cc1ccccc1-c1noc(C2C=Nc3ccccc3C2=O)n1. The summed E-state index contributed by atoms with van der Waals surface area (Å²) in [5, 5.41) is 4.01. The summed E-state index contributed by atoms with van der Waals surface area (Å²) >= 11 is 0. The molecule has 1 aliphatic heterocycles. The lowest BCUT2D eigenvalue weighted by Crippen LogP contribution is -2.18. The third-order valence-corrected chi connectivity index (χ3v) is 3.91. The Bertz CT molecular complexity index is 927. The van der Waals surface area contributed by atoms with Crippen molar-refractivity contribution in [3.8, 4) is 11.4 Å². The largest absolute Gasteiger partial charge is 0.338 e. The van der Waals surface area contributed by atoms with Crippen LogP contribution in [0, 0.1) is 6.92 Å². The fraction of sp³-hybridized carbons (Fsp3) is 0.111. The number of nitrogens with zero attached hydrogens (tertiary/aromatic N) is 3.